The molecule has 0 bridgehead atoms. The van der Waals surface area contributed by atoms with E-state index in [1.54, 1.807) is 61.2 Å². The molecule has 180 valence electrons. The molecule has 3 unspecified atom stereocenters. The third-order valence-corrected chi connectivity index (χ3v) is 6.75. The van der Waals surface area contributed by atoms with Gasteiger partial charge in [0.1, 0.15) is 23.9 Å². The molecule has 9 nitrogen and oxygen atoms in total. The molecule has 0 spiro atoms. The number of phenolic OH excluding ortho intramolecular Hbond substituents is 1. The standard InChI is InChI=1S/C26H26N4O5/c31-20-4-1-3-17(13-20)14-21(25(34)29-26-10-2-5-23(26)35-15-22(26)32)28-24(33)18-6-8-19(9-7-18)30-12-11-27-16-30/h1,3-4,6-9,11-13,16,21,23,31H,2,5,10,14-15H2,(H,28,33)(H,29,34). The van der Waals surface area contributed by atoms with E-state index in [1.807, 2.05) is 4.57 Å². The van der Waals surface area contributed by atoms with Crippen molar-refractivity contribution >= 4 is 17.6 Å². The summed E-state index contributed by atoms with van der Waals surface area (Å²) in [5.74, 6) is -0.942. The number of phenols is 1. The zero-order chi connectivity index (χ0) is 24.4. The third kappa shape index (κ3) is 4.54. The van der Waals surface area contributed by atoms with Crippen LogP contribution in [0.4, 0.5) is 0 Å². The quantitative estimate of drug-likeness (QED) is 0.481. The summed E-state index contributed by atoms with van der Waals surface area (Å²) in [7, 11) is 0. The highest BCUT2D eigenvalue weighted by Crippen LogP contribution is 2.37. The van der Waals surface area contributed by atoms with E-state index in [-0.39, 0.29) is 30.7 Å². The molecule has 2 aliphatic rings. The first-order valence-corrected chi connectivity index (χ1v) is 11.6. The number of amides is 2. The lowest BCUT2D eigenvalue weighted by Crippen LogP contribution is -2.60. The Kier molecular flexibility index (Phi) is 6.08. The van der Waals surface area contributed by atoms with Crippen molar-refractivity contribution in [1.82, 2.24) is 20.2 Å². The predicted octanol–water partition coefficient (Wildman–Crippen LogP) is 1.93. The summed E-state index contributed by atoms with van der Waals surface area (Å²) in [6, 6.07) is 12.5. The predicted molar refractivity (Wildman–Crippen MR) is 126 cm³/mol. The molecule has 0 radical (unpaired) electrons. The number of rotatable bonds is 7. The Morgan fingerprint density at radius 3 is 2.80 bits per heavy atom. The van der Waals surface area contributed by atoms with E-state index in [0.29, 0.717) is 24.0 Å². The zero-order valence-electron chi connectivity index (χ0n) is 19.0. The SMILES string of the molecule is O=C(NC(Cc1cccc(O)c1)C(=O)NC12CCCC1OCC2=O)c1ccc(-n2ccnc2)cc1. The van der Waals surface area contributed by atoms with Gasteiger partial charge in [-0.3, -0.25) is 14.4 Å². The second-order valence-electron chi connectivity index (χ2n) is 8.99. The van der Waals surface area contributed by atoms with Crippen LogP contribution in [-0.2, 0) is 20.7 Å². The molecule has 2 amide bonds. The number of carbonyl (C=O) groups is 3. The smallest absolute Gasteiger partial charge is 0.251 e. The average Bonchev–Trinajstić information content (AvgIpc) is 3.58. The van der Waals surface area contributed by atoms with Crippen molar-refractivity contribution in [3.63, 3.8) is 0 Å². The van der Waals surface area contributed by atoms with Crippen molar-refractivity contribution < 1.29 is 24.2 Å². The second-order valence-corrected chi connectivity index (χ2v) is 8.99. The van der Waals surface area contributed by atoms with Crippen LogP contribution in [0.25, 0.3) is 5.69 Å². The highest BCUT2D eigenvalue weighted by atomic mass is 16.5. The molecule has 1 aromatic heterocycles. The first kappa shape index (κ1) is 22.8. The van der Waals surface area contributed by atoms with Gasteiger partial charge in [0.05, 0.1) is 12.4 Å². The molecule has 3 N–H and O–H groups in total. The van der Waals surface area contributed by atoms with Gasteiger partial charge in [-0.2, -0.15) is 0 Å². The third-order valence-electron chi connectivity index (χ3n) is 6.75. The number of aromatic nitrogens is 2. The Labute approximate surface area is 202 Å². The van der Waals surface area contributed by atoms with Gasteiger partial charge >= 0.3 is 0 Å². The highest BCUT2D eigenvalue weighted by Gasteiger charge is 2.55. The molecule has 5 rings (SSSR count). The van der Waals surface area contributed by atoms with Crippen LogP contribution in [0.1, 0.15) is 35.2 Å². The Balaban J connectivity index is 1.36. The van der Waals surface area contributed by atoms with Gasteiger partial charge < -0.3 is 25.0 Å². The average molecular weight is 475 g/mol. The maximum atomic E-state index is 13.4. The number of ketones is 1. The zero-order valence-corrected chi connectivity index (χ0v) is 19.0. The number of aromatic hydroxyl groups is 1. The first-order chi connectivity index (χ1) is 16.9. The second kappa shape index (κ2) is 9.34. The van der Waals surface area contributed by atoms with E-state index in [1.165, 1.54) is 6.07 Å². The normalized spacial score (nSPS) is 21.9. The van der Waals surface area contributed by atoms with E-state index in [4.69, 9.17) is 4.74 Å². The molecular formula is C26H26N4O5. The number of nitrogens with zero attached hydrogens (tertiary/aromatic N) is 2. The monoisotopic (exact) mass is 474 g/mol. The van der Waals surface area contributed by atoms with Crippen LogP contribution in [0.3, 0.4) is 0 Å². The lowest BCUT2D eigenvalue weighted by molar-refractivity contribution is -0.131. The number of fused-ring (bicyclic) bond motifs is 1. The molecule has 1 saturated carbocycles. The van der Waals surface area contributed by atoms with Gasteiger partial charge in [0.25, 0.3) is 5.91 Å². The van der Waals surface area contributed by atoms with Crippen LogP contribution in [0.5, 0.6) is 5.75 Å². The van der Waals surface area contributed by atoms with Crippen LogP contribution in [0.2, 0.25) is 0 Å². The summed E-state index contributed by atoms with van der Waals surface area (Å²) in [6.45, 7) is -0.0161. The number of benzene rings is 2. The lowest BCUT2D eigenvalue weighted by Gasteiger charge is -2.30. The van der Waals surface area contributed by atoms with Crippen LogP contribution in [0, 0.1) is 0 Å². The Bertz CT molecular complexity index is 1240. The summed E-state index contributed by atoms with van der Waals surface area (Å²) in [4.78, 5) is 43.2. The topological polar surface area (TPSA) is 123 Å². The minimum Gasteiger partial charge on any atom is -0.508 e. The van der Waals surface area contributed by atoms with Gasteiger partial charge in [-0.15, -0.1) is 0 Å². The summed E-state index contributed by atoms with van der Waals surface area (Å²) >= 11 is 0. The molecule has 2 heterocycles. The van der Waals surface area contributed by atoms with Crippen molar-refractivity contribution in [1.29, 1.82) is 0 Å². The van der Waals surface area contributed by atoms with Gasteiger partial charge in [-0.05, 0) is 61.2 Å². The van der Waals surface area contributed by atoms with E-state index >= 15 is 0 Å². The van der Waals surface area contributed by atoms with Crippen molar-refractivity contribution in [2.24, 2.45) is 0 Å². The molecule has 9 heteroatoms. The lowest BCUT2D eigenvalue weighted by atomic mass is 9.91. The van der Waals surface area contributed by atoms with Crippen molar-refractivity contribution in [2.45, 2.75) is 43.4 Å². The number of nitrogens with one attached hydrogen (secondary N) is 2. The maximum absolute atomic E-state index is 13.4. The molecule has 1 aliphatic carbocycles. The molecule has 2 aromatic carbocycles. The number of imidazole rings is 1. The van der Waals surface area contributed by atoms with Crippen LogP contribution < -0.4 is 10.6 Å². The van der Waals surface area contributed by atoms with Crippen molar-refractivity contribution in [3.05, 3.63) is 78.4 Å². The summed E-state index contributed by atoms with van der Waals surface area (Å²) < 4.78 is 7.43. The minimum atomic E-state index is -1.04. The van der Waals surface area contributed by atoms with Crippen LogP contribution in [-0.4, -0.2) is 56.5 Å². The van der Waals surface area contributed by atoms with Crippen LogP contribution >= 0.6 is 0 Å². The molecule has 1 aliphatic heterocycles. The number of ether oxygens (including phenoxy) is 1. The number of hydrogen-bond donors (Lipinski definition) is 3. The fourth-order valence-electron chi connectivity index (χ4n) is 4.91. The molecule has 3 aromatic rings. The maximum Gasteiger partial charge on any atom is 0.251 e. The van der Waals surface area contributed by atoms with E-state index in [0.717, 1.165) is 12.1 Å². The van der Waals surface area contributed by atoms with Crippen LogP contribution in [0.15, 0.2) is 67.3 Å². The minimum absolute atomic E-state index is 0.0161. The molecule has 2 fully saturated rings. The number of Topliss-reactive ketones (excluding diaryl/α,β-unsaturated/α-hetero) is 1. The largest absolute Gasteiger partial charge is 0.508 e. The highest BCUT2D eigenvalue weighted by molar-refractivity contribution is 6.00. The van der Waals surface area contributed by atoms with Gasteiger partial charge in [-0.25, -0.2) is 4.98 Å². The molecule has 3 atom stereocenters. The van der Waals surface area contributed by atoms with Crippen molar-refractivity contribution in [3.8, 4) is 11.4 Å². The molecule has 1 saturated heterocycles. The van der Waals surface area contributed by atoms with Gasteiger partial charge in [0.2, 0.25) is 5.91 Å². The van der Waals surface area contributed by atoms with Crippen molar-refractivity contribution in [2.75, 3.05) is 6.61 Å². The summed E-state index contributed by atoms with van der Waals surface area (Å²) in [6.07, 6.45) is 6.94. The number of hydrogen-bond acceptors (Lipinski definition) is 6. The molecule has 35 heavy (non-hydrogen) atoms. The molecular weight excluding hydrogens is 448 g/mol. The Morgan fingerprint density at radius 2 is 2.06 bits per heavy atom. The van der Waals surface area contributed by atoms with Gasteiger partial charge in [0.15, 0.2) is 5.78 Å². The van der Waals surface area contributed by atoms with E-state index in [2.05, 4.69) is 15.6 Å². The van der Waals surface area contributed by atoms with Gasteiger partial charge in [-0.1, -0.05) is 12.1 Å². The summed E-state index contributed by atoms with van der Waals surface area (Å²) in [5.41, 5.74) is 0.875. The van der Waals surface area contributed by atoms with E-state index < -0.39 is 23.4 Å². The Hall–Kier alpha value is -3.98. The Morgan fingerprint density at radius 1 is 1.23 bits per heavy atom. The number of carbonyl (C=O) groups excluding carboxylic acids is 3. The fraction of sp³-hybridized carbons (Fsp3) is 0.308. The fourth-order valence-corrected chi connectivity index (χ4v) is 4.91. The van der Waals surface area contributed by atoms with Gasteiger partial charge in [0, 0.05) is 30.1 Å². The summed E-state index contributed by atoms with van der Waals surface area (Å²) in [5, 5.41) is 15.6. The first-order valence-electron chi connectivity index (χ1n) is 11.6. The van der Waals surface area contributed by atoms with E-state index in [9.17, 15) is 19.5 Å².